The van der Waals surface area contributed by atoms with Crippen molar-refractivity contribution in [1.29, 1.82) is 0 Å². The molecule has 0 atom stereocenters. The second-order valence-corrected chi connectivity index (χ2v) is 6.67. The maximum Gasteiger partial charge on any atom is 0.248 e. The second-order valence-electron chi connectivity index (χ2n) is 6.67. The summed E-state index contributed by atoms with van der Waals surface area (Å²) in [5.41, 5.74) is 2.96. The van der Waals surface area contributed by atoms with Gasteiger partial charge in [-0.15, -0.1) is 0 Å². The largest absolute Gasteiger partial charge is 0.348 e. The van der Waals surface area contributed by atoms with Gasteiger partial charge in [0.15, 0.2) is 0 Å². The van der Waals surface area contributed by atoms with Gasteiger partial charge in [0.25, 0.3) is 0 Å². The molecule has 0 bridgehead atoms. The Labute approximate surface area is 161 Å². The molecule has 2 aromatic carbocycles. The first-order chi connectivity index (χ1) is 13.6. The summed E-state index contributed by atoms with van der Waals surface area (Å²) in [6.45, 7) is 3.08. The molecule has 4 rings (SSSR count). The second kappa shape index (κ2) is 7.60. The highest BCUT2D eigenvalue weighted by Crippen LogP contribution is 2.23. The predicted molar refractivity (Wildman–Crippen MR) is 108 cm³/mol. The van der Waals surface area contributed by atoms with Gasteiger partial charge in [-0.1, -0.05) is 36.4 Å². The van der Waals surface area contributed by atoms with E-state index in [1.54, 1.807) is 12.3 Å². The molecule has 0 fully saturated rings. The lowest BCUT2D eigenvalue weighted by Gasteiger charge is -2.25. The third-order valence-corrected chi connectivity index (χ3v) is 4.79. The molecule has 0 spiro atoms. The number of hydrogen-bond donors (Lipinski definition) is 1. The minimum absolute atomic E-state index is 0.225. The lowest BCUT2D eigenvalue weighted by atomic mass is 10.1. The summed E-state index contributed by atoms with van der Waals surface area (Å²) in [5, 5.41) is 0.684. The van der Waals surface area contributed by atoms with Crippen molar-refractivity contribution in [2.75, 3.05) is 4.90 Å². The molecule has 2 heterocycles. The molecule has 4 aromatic rings. The highest BCUT2D eigenvalue weighted by atomic mass is 19.1. The van der Waals surface area contributed by atoms with Crippen molar-refractivity contribution in [3.05, 3.63) is 100.0 Å². The molecule has 6 heteroatoms. The fourth-order valence-electron chi connectivity index (χ4n) is 3.33. The van der Waals surface area contributed by atoms with Crippen molar-refractivity contribution < 1.29 is 4.39 Å². The summed E-state index contributed by atoms with van der Waals surface area (Å²) in [6, 6.07) is 16.3. The highest BCUT2D eigenvalue weighted by molar-refractivity contribution is 5.82. The highest BCUT2D eigenvalue weighted by Gasteiger charge is 2.14. The minimum atomic E-state index is -0.441. The smallest absolute Gasteiger partial charge is 0.248 e. The summed E-state index contributed by atoms with van der Waals surface area (Å²) >= 11 is 0. The Morgan fingerprint density at radius 3 is 2.64 bits per heavy atom. The Kier molecular flexibility index (Phi) is 4.85. The van der Waals surface area contributed by atoms with Gasteiger partial charge >= 0.3 is 0 Å². The molecule has 0 radical (unpaired) electrons. The van der Waals surface area contributed by atoms with Gasteiger partial charge in [0.05, 0.1) is 5.52 Å². The Morgan fingerprint density at radius 2 is 1.86 bits per heavy atom. The molecule has 0 amide bonds. The van der Waals surface area contributed by atoms with Crippen LogP contribution in [0.3, 0.4) is 0 Å². The zero-order valence-corrected chi connectivity index (χ0v) is 15.4. The molecule has 5 nitrogen and oxygen atoms in total. The first-order valence-electron chi connectivity index (χ1n) is 8.98. The van der Waals surface area contributed by atoms with E-state index < -0.39 is 5.82 Å². The number of H-pyrrole nitrogens is 1. The first-order valence-corrected chi connectivity index (χ1v) is 8.98. The molecule has 0 aliphatic heterocycles. The van der Waals surface area contributed by atoms with Crippen molar-refractivity contribution >= 4 is 16.7 Å². The quantitative estimate of drug-likeness (QED) is 0.574. The SMILES string of the molecule is Cc1ccccc1CN(Cc1cc(=O)[nH]c2c(F)cccc12)c1ccncn1. The average molecular weight is 374 g/mol. The number of hydrogen-bond acceptors (Lipinski definition) is 4. The van der Waals surface area contributed by atoms with Crippen LogP contribution < -0.4 is 10.5 Å². The van der Waals surface area contributed by atoms with E-state index in [1.807, 2.05) is 24.3 Å². The lowest BCUT2D eigenvalue weighted by Crippen LogP contribution is -2.24. The maximum absolute atomic E-state index is 14.2. The van der Waals surface area contributed by atoms with Crippen LogP contribution in [0.4, 0.5) is 10.2 Å². The fraction of sp³-hybridized carbons (Fsp3) is 0.136. The summed E-state index contributed by atoms with van der Waals surface area (Å²) in [6.07, 6.45) is 3.18. The number of anilines is 1. The van der Waals surface area contributed by atoms with Crippen molar-refractivity contribution in [3.63, 3.8) is 0 Å². The minimum Gasteiger partial charge on any atom is -0.348 e. The van der Waals surface area contributed by atoms with E-state index in [-0.39, 0.29) is 11.1 Å². The summed E-state index contributed by atoms with van der Waals surface area (Å²) in [5.74, 6) is 0.298. The number of aryl methyl sites for hydroxylation is 1. The molecule has 0 unspecified atom stereocenters. The van der Waals surface area contributed by atoms with E-state index in [1.165, 1.54) is 24.0 Å². The van der Waals surface area contributed by atoms with Crippen LogP contribution in [0.2, 0.25) is 0 Å². The number of aromatic amines is 1. The van der Waals surface area contributed by atoms with Gasteiger partial charge in [0.1, 0.15) is 18.0 Å². The number of rotatable bonds is 5. The van der Waals surface area contributed by atoms with Crippen LogP contribution in [-0.4, -0.2) is 15.0 Å². The Hall–Kier alpha value is -3.54. The number of fused-ring (bicyclic) bond motifs is 1. The molecule has 0 aliphatic carbocycles. The summed E-state index contributed by atoms with van der Waals surface area (Å²) in [7, 11) is 0. The van der Waals surface area contributed by atoms with Crippen molar-refractivity contribution in [3.8, 4) is 0 Å². The number of pyridine rings is 1. The van der Waals surface area contributed by atoms with Crippen molar-refractivity contribution in [2.45, 2.75) is 20.0 Å². The van der Waals surface area contributed by atoms with Crippen LogP contribution in [-0.2, 0) is 13.1 Å². The molecule has 2 aromatic heterocycles. The van der Waals surface area contributed by atoms with Crippen LogP contribution in [0, 0.1) is 12.7 Å². The zero-order chi connectivity index (χ0) is 19.5. The molecule has 140 valence electrons. The monoisotopic (exact) mass is 374 g/mol. The van der Waals surface area contributed by atoms with Crippen molar-refractivity contribution in [2.24, 2.45) is 0 Å². The third-order valence-electron chi connectivity index (χ3n) is 4.79. The van der Waals surface area contributed by atoms with E-state index in [2.05, 4.69) is 38.9 Å². The van der Waals surface area contributed by atoms with E-state index >= 15 is 0 Å². The van der Waals surface area contributed by atoms with Crippen LogP contribution in [0.1, 0.15) is 16.7 Å². The van der Waals surface area contributed by atoms with E-state index in [0.717, 1.165) is 16.9 Å². The summed E-state index contributed by atoms with van der Waals surface area (Å²) < 4.78 is 14.2. The van der Waals surface area contributed by atoms with Crippen LogP contribution in [0.5, 0.6) is 0 Å². The number of aromatic nitrogens is 3. The zero-order valence-electron chi connectivity index (χ0n) is 15.4. The fourth-order valence-corrected chi connectivity index (χ4v) is 3.33. The topological polar surface area (TPSA) is 61.9 Å². The number of para-hydroxylation sites is 1. The van der Waals surface area contributed by atoms with Gasteiger partial charge in [0.2, 0.25) is 5.56 Å². The Bertz CT molecular complexity index is 1170. The van der Waals surface area contributed by atoms with Gasteiger partial charge in [-0.3, -0.25) is 4.79 Å². The molecule has 0 saturated heterocycles. The van der Waals surface area contributed by atoms with Gasteiger partial charge < -0.3 is 9.88 Å². The van der Waals surface area contributed by atoms with Crippen LogP contribution in [0.25, 0.3) is 10.9 Å². The molecule has 0 saturated carbocycles. The molecular formula is C22H19FN4O. The third kappa shape index (κ3) is 3.62. The normalized spacial score (nSPS) is 10.9. The molecule has 0 aliphatic rings. The maximum atomic E-state index is 14.2. The number of nitrogens with zero attached hydrogens (tertiary/aromatic N) is 3. The molecule has 1 N–H and O–H groups in total. The Balaban J connectivity index is 1.79. The standard InChI is InChI=1S/C22H19FN4O/c1-15-5-2-3-6-16(15)12-27(20-9-10-24-14-25-20)13-17-11-21(28)26-22-18(17)7-4-8-19(22)23/h2-11,14H,12-13H2,1H3,(H,26,28). The average Bonchev–Trinajstić information content (AvgIpc) is 2.70. The predicted octanol–water partition coefficient (Wildman–Crippen LogP) is 3.97. The lowest BCUT2D eigenvalue weighted by molar-refractivity contribution is 0.636. The number of benzene rings is 2. The van der Waals surface area contributed by atoms with Crippen LogP contribution >= 0.6 is 0 Å². The van der Waals surface area contributed by atoms with E-state index in [0.29, 0.717) is 18.5 Å². The van der Waals surface area contributed by atoms with Crippen molar-refractivity contribution in [1.82, 2.24) is 15.0 Å². The van der Waals surface area contributed by atoms with Gasteiger partial charge in [-0.2, -0.15) is 0 Å². The summed E-state index contributed by atoms with van der Waals surface area (Å²) in [4.78, 5) is 25.1. The van der Waals surface area contributed by atoms with Gasteiger partial charge in [0, 0.05) is 30.7 Å². The molecule has 28 heavy (non-hydrogen) atoms. The van der Waals surface area contributed by atoms with E-state index in [4.69, 9.17) is 0 Å². The number of nitrogens with one attached hydrogen (secondary N) is 1. The van der Waals surface area contributed by atoms with Gasteiger partial charge in [-0.05, 0) is 35.7 Å². The van der Waals surface area contributed by atoms with Crippen LogP contribution in [0.15, 0.2) is 71.9 Å². The first kappa shape index (κ1) is 17.9. The van der Waals surface area contributed by atoms with E-state index in [9.17, 15) is 9.18 Å². The number of halogens is 1. The molecular weight excluding hydrogens is 355 g/mol. The van der Waals surface area contributed by atoms with Gasteiger partial charge in [-0.25, -0.2) is 14.4 Å². The Morgan fingerprint density at radius 1 is 1.04 bits per heavy atom.